The van der Waals surface area contributed by atoms with Gasteiger partial charge in [-0.05, 0) is 49.8 Å². The van der Waals surface area contributed by atoms with E-state index in [-0.39, 0.29) is 17.7 Å². The van der Waals surface area contributed by atoms with Crippen LogP contribution in [0, 0.1) is 5.92 Å². The van der Waals surface area contributed by atoms with Gasteiger partial charge in [-0.25, -0.2) is 0 Å². The summed E-state index contributed by atoms with van der Waals surface area (Å²) in [5.41, 5.74) is 2.74. The summed E-state index contributed by atoms with van der Waals surface area (Å²) in [6, 6.07) is 6.10. The third kappa shape index (κ3) is 1.99. The van der Waals surface area contributed by atoms with Crippen molar-refractivity contribution in [2.45, 2.75) is 38.1 Å². The second kappa shape index (κ2) is 4.33. The highest BCUT2D eigenvalue weighted by Crippen LogP contribution is 2.37. The number of hydrogen-bond acceptors (Lipinski definition) is 2. The fraction of sp³-hybridized carbons (Fsp3) is 0.500. The topological polar surface area (TPSA) is 49.4 Å². The van der Waals surface area contributed by atoms with E-state index in [1.165, 1.54) is 0 Å². The van der Waals surface area contributed by atoms with Gasteiger partial charge in [-0.2, -0.15) is 0 Å². The minimum atomic E-state index is 0.0186. The summed E-state index contributed by atoms with van der Waals surface area (Å²) in [5.74, 6) is 0.485. The van der Waals surface area contributed by atoms with Gasteiger partial charge in [-0.3, -0.25) is 9.59 Å². The number of hydrogen-bond donors (Lipinski definition) is 1. The van der Waals surface area contributed by atoms with Gasteiger partial charge in [0, 0.05) is 29.8 Å². The van der Waals surface area contributed by atoms with Crippen molar-refractivity contribution in [1.29, 1.82) is 0 Å². The van der Waals surface area contributed by atoms with Crippen molar-refractivity contribution in [2.75, 3.05) is 11.4 Å². The SMILES string of the molecule is O=C(NC1CC1)c1cccc2c1CCN2C(=O)C1CC1. The minimum absolute atomic E-state index is 0.0186. The summed E-state index contributed by atoms with van der Waals surface area (Å²) in [7, 11) is 0. The van der Waals surface area contributed by atoms with Gasteiger partial charge < -0.3 is 10.2 Å². The van der Waals surface area contributed by atoms with E-state index < -0.39 is 0 Å². The molecule has 1 aliphatic heterocycles. The molecular weight excluding hydrogens is 252 g/mol. The molecular formula is C16H18N2O2. The largest absolute Gasteiger partial charge is 0.349 e. The first-order chi connectivity index (χ1) is 9.74. The quantitative estimate of drug-likeness (QED) is 0.911. The van der Waals surface area contributed by atoms with Gasteiger partial charge in [0.05, 0.1) is 0 Å². The average Bonchev–Trinajstić information content (AvgIpc) is 3.35. The van der Waals surface area contributed by atoms with Crippen LogP contribution in [0.2, 0.25) is 0 Å². The van der Waals surface area contributed by atoms with Crippen LogP contribution >= 0.6 is 0 Å². The Hall–Kier alpha value is -1.84. The molecule has 2 amide bonds. The Labute approximate surface area is 118 Å². The number of fused-ring (bicyclic) bond motifs is 1. The van der Waals surface area contributed by atoms with E-state index in [4.69, 9.17) is 0 Å². The fourth-order valence-corrected chi connectivity index (χ4v) is 2.92. The highest BCUT2D eigenvalue weighted by molar-refractivity contribution is 6.03. The molecule has 20 heavy (non-hydrogen) atoms. The van der Waals surface area contributed by atoms with Crippen LogP contribution in [0.3, 0.4) is 0 Å². The van der Waals surface area contributed by atoms with E-state index in [1.54, 1.807) is 0 Å². The number of rotatable bonds is 3. The van der Waals surface area contributed by atoms with Crippen molar-refractivity contribution in [3.8, 4) is 0 Å². The predicted octanol–water partition coefficient (Wildman–Crippen LogP) is 1.88. The number of benzene rings is 1. The second-order valence-corrected chi connectivity index (χ2v) is 6.07. The van der Waals surface area contributed by atoms with Crippen molar-refractivity contribution in [3.63, 3.8) is 0 Å². The van der Waals surface area contributed by atoms with Crippen LogP contribution < -0.4 is 10.2 Å². The van der Waals surface area contributed by atoms with Crippen molar-refractivity contribution < 1.29 is 9.59 Å². The molecule has 1 N–H and O–H groups in total. The Kier molecular flexibility index (Phi) is 2.59. The highest BCUT2D eigenvalue weighted by Gasteiger charge is 2.37. The molecule has 0 bridgehead atoms. The monoisotopic (exact) mass is 270 g/mol. The van der Waals surface area contributed by atoms with E-state index in [1.807, 2.05) is 23.1 Å². The maximum absolute atomic E-state index is 12.3. The van der Waals surface area contributed by atoms with Crippen LogP contribution in [-0.2, 0) is 11.2 Å². The lowest BCUT2D eigenvalue weighted by Gasteiger charge is -2.17. The maximum atomic E-state index is 12.3. The first-order valence-electron chi connectivity index (χ1n) is 7.48. The third-order valence-corrected chi connectivity index (χ3v) is 4.38. The number of carbonyl (C=O) groups excluding carboxylic acids is 2. The predicted molar refractivity (Wildman–Crippen MR) is 75.7 cm³/mol. The Morgan fingerprint density at radius 3 is 2.65 bits per heavy atom. The number of anilines is 1. The van der Waals surface area contributed by atoms with Gasteiger partial charge in [-0.1, -0.05) is 6.07 Å². The van der Waals surface area contributed by atoms with E-state index in [2.05, 4.69) is 5.32 Å². The van der Waals surface area contributed by atoms with Crippen LogP contribution in [0.4, 0.5) is 5.69 Å². The van der Waals surface area contributed by atoms with Gasteiger partial charge in [0.15, 0.2) is 0 Å². The van der Waals surface area contributed by atoms with Crippen molar-refractivity contribution in [2.24, 2.45) is 5.92 Å². The lowest BCUT2D eigenvalue weighted by Crippen LogP contribution is -2.30. The molecule has 0 unspecified atom stereocenters. The summed E-state index contributed by atoms with van der Waals surface area (Å²) in [6.45, 7) is 0.721. The zero-order chi connectivity index (χ0) is 13.7. The Bertz CT molecular complexity index is 588. The molecule has 0 aromatic heterocycles. The molecule has 4 nitrogen and oxygen atoms in total. The van der Waals surface area contributed by atoms with E-state index >= 15 is 0 Å². The van der Waals surface area contributed by atoms with Crippen LogP contribution in [0.25, 0.3) is 0 Å². The summed E-state index contributed by atoms with van der Waals surface area (Å²) in [6.07, 6.45) is 5.02. The Balaban J connectivity index is 1.63. The molecule has 0 spiro atoms. The van der Waals surface area contributed by atoms with E-state index in [9.17, 15) is 9.59 Å². The molecule has 0 radical (unpaired) electrons. The molecule has 4 rings (SSSR count). The molecule has 0 atom stereocenters. The minimum Gasteiger partial charge on any atom is -0.349 e. The second-order valence-electron chi connectivity index (χ2n) is 6.07. The average molecular weight is 270 g/mol. The van der Waals surface area contributed by atoms with Crippen molar-refractivity contribution >= 4 is 17.5 Å². The maximum Gasteiger partial charge on any atom is 0.251 e. The molecule has 2 aliphatic carbocycles. The van der Waals surface area contributed by atoms with E-state index in [0.717, 1.165) is 55.5 Å². The molecule has 1 aromatic rings. The fourth-order valence-electron chi connectivity index (χ4n) is 2.92. The number of nitrogens with one attached hydrogen (secondary N) is 1. The van der Waals surface area contributed by atoms with Gasteiger partial charge in [-0.15, -0.1) is 0 Å². The van der Waals surface area contributed by atoms with Crippen molar-refractivity contribution in [3.05, 3.63) is 29.3 Å². The van der Waals surface area contributed by atoms with Crippen LogP contribution in [0.15, 0.2) is 18.2 Å². The zero-order valence-electron chi connectivity index (χ0n) is 11.4. The summed E-state index contributed by atoms with van der Waals surface area (Å²) in [5, 5.41) is 3.04. The van der Waals surface area contributed by atoms with E-state index in [0.29, 0.717) is 6.04 Å². The molecule has 2 fully saturated rings. The summed E-state index contributed by atoms with van der Waals surface area (Å²) < 4.78 is 0. The first kappa shape index (κ1) is 11.9. The molecule has 1 heterocycles. The van der Waals surface area contributed by atoms with Gasteiger partial charge in [0.1, 0.15) is 0 Å². The zero-order valence-corrected chi connectivity index (χ0v) is 11.4. The number of carbonyl (C=O) groups is 2. The number of nitrogens with zero attached hydrogens (tertiary/aromatic N) is 1. The van der Waals surface area contributed by atoms with Gasteiger partial charge in [0.2, 0.25) is 5.91 Å². The van der Waals surface area contributed by atoms with Crippen molar-refractivity contribution in [1.82, 2.24) is 5.32 Å². The van der Waals surface area contributed by atoms with Gasteiger partial charge >= 0.3 is 0 Å². The molecule has 4 heteroatoms. The van der Waals surface area contributed by atoms with Crippen LogP contribution in [-0.4, -0.2) is 24.4 Å². The molecule has 1 aromatic carbocycles. The lowest BCUT2D eigenvalue weighted by molar-refractivity contribution is -0.119. The summed E-state index contributed by atoms with van der Waals surface area (Å²) >= 11 is 0. The van der Waals surface area contributed by atoms with Crippen LogP contribution in [0.1, 0.15) is 41.6 Å². The van der Waals surface area contributed by atoms with Crippen LogP contribution in [0.5, 0.6) is 0 Å². The Morgan fingerprint density at radius 1 is 1.15 bits per heavy atom. The van der Waals surface area contributed by atoms with Gasteiger partial charge in [0.25, 0.3) is 5.91 Å². The molecule has 2 saturated carbocycles. The standard InChI is InChI=1S/C16H18N2O2/c19-15(17-11-6-7-11)13-2-1-3-14-12(13)8-9-18(14)16(20)10-4-5-10/h1-3,10-11H,4-9H2,(H,17,19). The third-order valence-electron chi connectivity index (χ3n) is 4.38. The highest BCUT2D eigenvalue weighted by atomic mass is 16.2. The lowest BCUT2D eigenvalue weighted by atomic mass is 10.0. The normalized spacial score (nSPS) is 20.7. The smallest absolute Gasteiger partial charge is 0.251 e. The molecule has 0 saturated heterocycles. The Morgan fingerprint density at radius 2 is 1.95 bits per heavy atom. The molecule has 104 valence electrons. The first-order valence-corrected chi connectivity index (χ1v) is 7.48. The summed E-state index contributed by atoms with van der Waals surface area (Å²) in [4.78, 5) is 26.4. The molecule has 3 aliphatic rings. The number of amides is 2.